The molecule has 1 aromatic carbocycles. The van der Waals surface area contributed by atoms with Crippen LogP contribution in [0.4, 0.5) is 0 Å². The topological polar surface area (TPSA) is 47.6 Å². The Bertz CT molecular complexity index is 400. The lowest BCUT2D eigenvalue weighted by atomic mass is 10.1. The summed E-state index contributed by atoms with van der Waals surface area (Å²) in [5.41, 5.74) is 0.907. The molecule has 18 heavy (non-hydrogen) atoms. The number of rotatable bonds is 5. The van der Waals surface area contributed by atoms with Gasteiger partial charge in [0.1, 0.15) is 5.75 Å². The van der Waals surface area contributed by atoms with Gasteiger partial charge in [-0.1, -0.05) is 18.2 Å². The van der Waals surface area contributed by atoms with Crippen molar-refractivity contribution < 1.29 is 14.3 Å². The van der Waals surface area contributed by atoms with Crippen molar-refractivity contribution >= 4 is 5.91 Å². The number of methoxy groups -OCH3 is 1. The molecule has 4 heteroatoms. The van der Waals surface area contributed by atoms with Gasteiger partial charge in [0, 0.05) is 18.7 Å². The first kappa shape index (κ1) is 12.9. The molecule has 1 aromatic rings. The van der Waals surface area contributed by atoms with Gasteiger partial charge >= 0.3 is 0 Å². The number of hydrogen-bond acceptors (Lipinski definition) is 3. The number of para-hydroxylation sites is 1. The molecule has 0 saturated carbocycles. The third kappa shape index (κ3) is 3.47. The Morgan fingerprint density at radius 1 is 1.50 bits per heavy atom. The number of nitrogens with one attached hydrogen (secondary N) is 1. The molecule has 0 unspecified atom stereocenters. The first-order valence-corrected chi connectivity index (χ1v) is 6.30. The number of amides is 1. The first-order valence-electron chi connectivity index (χ1n) is 6.30. The van der Waals surface area contributed by atoms with E-state index in [9.17, 15) is 4.79 Å². The van der Waals surface area contributed by atoms with E-state index in [2.05, 4.69) is 5.32 Å². The summed E-state index contributed by atoms with van der Waals surface area (Å²) in [7, 11) is 1.61. The predicted molar refractivity (Wildman–Crippen MR) is 68.7 cm³/mol. The molecule has 0 aromatic heterocycles. The van der Waals surface area contributed by atoms with Gasteiger partial charge in [0.15, 0.2) is 0 Å². The summed E-state index contributed by atoms with van der Waals surface area (Å²) < 4.78 is 10.7. The number of carbonyl (C=O) groups excluding carboxylic acids is 1. The van der Waals surface area contributed by atoms with Crippen molar-refractivity contribution in [1.29, 1.82) is 0 Å². The van der Waals surface area contributed by atoms with Crippen LogP contribution in [0.1, 0.15) is 18.4 Å². The molecule has 4 nitrogen and oxygen atoms in total. The van der Waals surface area contributed by atoms with Crippen LogP contribution in [-0.4, -0.2) is 32.3 Å². The molecule has 1 amide bonds. The SMILES string of the molecule is COc1ccccc1CC(=O)NC[C@@H]1CCCO1. The maximum atomic E-state index is 11.8. The first-order chi connectivity index (χ1) is 8.79. The molecule has 2 rings (SSSR count). The fourth-order valence-corrected chi connectivity index (χ4v) is 2.12. The van der Waals surface area contributed by atoms with Gasteiger partial charge in [0.05, 0.1) is 19.6 Å². The maximum Gasteiger partial charge on any atom is 0.224 e. The summed E-state index contributed by atoms with van der Waals surface area (Å²) in [6, 6.07) is 7.57. The highest BCUT2D eigenvalue weighted by Crippen LogP contribution is 2.17. The van der Waals surface area contributed by atoms with Crippen LogP contribution >= 0.6 is 0 Å². The van der Waals surface area contributed by atoms with Crippen molar-refractivity contribution in [2.75, 3.05) is 20.3 Å². The van der Waals surface area contributed by atoms with Gasteiger partial charge in [-0.3, -0.25) is 4.79 Å². The van der Waals surface area contributed by atoms with E-state index >= 15 is 0 Å². The van der Waals surface area contributed by atoms with Gasteiger partial charge in [-0.2, -0.15) is 0 Å². The van der Waals surface area contributed by atoms with Crippen LogP contribution in [0.2, 0.25) is 0 Å². The van der Waals surface area contributed by atoms with Crippen LogP contribution in [0.5, 0.6) is 5.75 Å². The van der Waals surface area contributed by atoms with Crippen molar-refractivity contribution in [3.8, 4) is 5.75 Å². The fraction of sp³-hybridized carbons (Fsp3) is 0.500. The molecular weight excluding hydrogens is 230 g/mol. The molecule has 1 N–H and O–H groups in total. The van der Waals surface area contributed by atoms with Crippen LogP contribution < -0.4 is 10.1 Å². The summed E-state index contributed by atoms with van der Waals surface area (Å²) in [6.45, 7) is 1.42. The molecule has 1 aliphatic rings. The van der Waals surface area contributed by atoms with Crippen molar-refractivity contribution in [3.05, 3.63) is 29.8 Å². The zero-order valence-electron chi connectivity index (χ0n) is 10.6. The Morgan fingerprint density at radius 2 is 2.33 bits per heavy atom. The average Bonchev–Trinajstić information content (AvgIpc) is 2.90. The predicted octanol–water partition coefficient (Wildman–Crippen LogP) is 1.53. The van der Waals surface area contributed by atoms with Crippen LogP contribution in [-0.2, 0) is 16.0 Å². The second kappa shape index (κ2) is 6.40. The molecule has 0 bridgehead atoms. The Balaban J connectivity index is 1.82. The van der Waals surface area contributed by atoms with E-state index < -0.39 is 0 Å². The number of ether oxygens (including phenoxy) is 2. The van der Waals surface area contributed by atoms with Crippen molar-refractivity contribution in [2.45, 2.75) is 25.4 Å². The number of hydrogen-bond donors (Lipinski definition) is 1. The van der Waals surface area contributed by atoms with E-state index in [0.29, 0.717) is 13.0 Å². The maximum absolute atomic E-state index is 11.8. The summed E-state index contributed by atoms with van der Waals surface area (Å²) >= 11 is 0. The van der Waals surface area contributed by atoms with Gasteiger partial charge in [0.25, 0.3) is 0 Å². The van der Waals surface area contributed by atoms with Gasteiger partial charge in [0.2, 0.25) is 5.91 Å². The Hall–Kier alpha value is -1.55. The van der Waals surface area contributed by atoms with E-state index in [1.165, 1.54) is 0 Å². The van der Waals surface area contributed by atoms with Crippen molar-refractivity contribution in [1.82, 2.24) is 5.32 Å². The lowest BCUT2D eigenvalue weighted by Gasteiger charge is -2.12. The van der Waals surface area contributed by atoms with E-state index in [1.807, 2.05) is 24.3 Å². The molecule has 1 heterocycles. The monoisotopic (exact) mass is 249 g/mol. The standard InChI is InChI=1S/C14H19NO3/c1-17-13-7-3-2-5-11(13)9-14(16)15-10-12-6-4-8-18-12/h2-3,5,7,12H,4,6,8-10H2,1H3,(H,15,16)/t12-/m0/s1. The molecule has 98 valence electrons. The Kier molecular flexibility index (Phi) is 4.59. The summed E-state index contributed by atoms with van der Waals surface area (Å²) in [4.78, 5) is 11.8. The minimum Gasteiger partial charge on any atom is -0.496 e. The lowest BCUT2D eigenvalue weighted by Crippen LogP contribution is -2.32. The van der Waals surface area contributed by atoms with Gasteiger partial charge < -0.3 is 14.8 Å². The van der Waals surface area contributed by atoms with E-state index in [0.717, 1.165) is 30.8 Å². The second-order valence-electron chi connectivity index (χ2n) is 4.43. The minimum absolute atomic E-state index is 0.00926. The third-order valence-electron chi connectivity index (χ3n) is 3.09. The largest absolute Gasteiger partial charge is 0.496 e. The zero-order chi connectivity index (χ0) is 12.8. The van der Waals surface area contributed by atoms with Crippen LogP contribution in [0.25, 0.3) is 0 Å². The molecule has 1 atom stereocenters. The highest BCUT2D eigenvalue weighted by molar-refractivity contribution is 5.79. The number of carbonyl (C=O) groups is 1. The van der Waals surface area contributed by atoms with E-state index in [4.69, 9.17) is 9.47 Å². The van der Waals surface area contributed by atoms with E-state index in [-0.39, 0.29) is 12.0 Å². The molecule has 0 radical (unpaired) electrons. The molecule has 1 saturated heterocycles. The average molecular weight is 249 g/mol. The fourth-order valence-electron chi connectivity index (χ4n) is 2.12. The molecule has 1 fully saturated rings. The summed E-state index contributed by atoms with van der Waals surface area (Å²) in [6.07, 6.45) is 2.66. The van der Waals surface area contributed by atoms with Crippen LogP contribution in [0.3, 0.4) is 0 Å². The Labute approximate surface area is 107 Å². The normalized spacial score (nSPS) is 18.6. The highest BCUT2D eigenvalue weighted by Gasteiger charge is 2.16. The zero-order valence-corrected chi connectivity index (χ0v) is 10.6. The second-order valence-corrected chi connectivity index (χ2v) is 4.43. The van der Waals surface area contributed by atoms with Gasteiger partial charge in [-0.05, 0) is 18.9 Å². The Morgan fingerprint density at radius 3 is 3.06 bits per heavy atom. The summed E-state index contributed by atoms with van der Waals surface area (Å²) in [5, 5.41) is 2.90. The quantitative estimate of drug-likeness (QED) is 0.861. The lowest BCUT2D eigenvalue weighted by molar-refractivity contribution is -0.120. The van der Waals surface area contributed by atoms with Gasteiger partial charge in [-0.25, -0.2) is 0 Å². The third-order valence-corrected chi connectivity index (χ3v) is 3.09. The molecule has 1 aliphatic heterocycles. The van der Waals surface area contributed by atoms with Crippen molar-refractivity contribution in [2.24, 2.45) is 0 Å². The van der Waals surface area contributed by atoms with Crippen LogP contribution in [0.15, 0.2) is 24.3 Å². The molecule has 0 spiro atoms. The molecule has 0 aliphatic carbocycles. The summed E-state index contributed by atoms with van der Waals surface area (Å²) in [5.74, 6) is 0.764. The van der Waals surface area contributed by atoms with Crippen molar-refractivity contribution in [3.63, 3.8) is 0 Å². The highest BCUT2D eigenvalue weighted by atomic mass is 16.5. The van der Waals surface area contributed by atoms with E-state index in [1.54, 1.807) is 7.11 Å². The molecular formula is C14H19NO3. The van der Waals surface area contributed by atoms with Crippen LogP contribution in [0, 0.1) is 0 Å². The smallest absolute Gasteiger partial charge is 0.224 e. The number of benzene rings is 1. The minimum atomic E-state index is 0.00926. The van der Waals surface area contributed by atoms with Gasteiger partial charge in [-0.15, -0.1) is 0 Å².